The molecular weight excluding hydrogens is 391 g/mol. The summed E-state index contributed by atoms with van der Waals surface area (Å²) in [5, 5.41) is 5.07. The van der Waals surface area contributed by atoms with Crippen molar-refractivity contribution in [2.75, 3.05) is 23.8 Å². The number of nitrogens with one attached hydrogen (secondary N) is 2. The SMILES string of the molecule is O=C(COC(=O)C1=C(Nc2ccccc2)OCC1=O)Nc1ccc(F)c(Cl)c1. The highest BCUT2D eigenvalue weighted by Gasteiger charge is 2.32. The van der Waals surface area contributed by atoms with Crippen LogP contribution in [0.15, 0.2) is 60.0 Å². The fourth-order valence-corrected chi connectivity index (χ4v) is 2.52. The second kappa shape index (κ2) is 8.53. The zero-order valence-corrected chi connectivity index (χ0v) is 15.1. The van der Waals surface area contributed by atoms with Gasteiger partial charge < -0.3 is 20.1 Å². The maximum absolute atomic E-state index is 13.1. The molecule has 0 fully saturated rings. The number of rotatable bonds is 6. The molecule has 7 nitrogen and oxygen atoms in total. The van der Waals surface area contributed by atoms with Gasteiger partial charge in [0.2, 0.25) is 11.7 Å². The lowest BCUT2D eigenvalue weighted by Gasteiger charge is -2.09. The minimum absolute atomic E-state index is 0.0353. The molecule has 3 rings (SSSR count). The van der Waals surface area contributed by atoms with Crippen molar-refractivity contribution in [3.63, 3.8) is 0 Å². The monoisotopic (exact) mass is 404 g/mol. The summed E-state index contributed by atoms with van der Waals surface area (Å²) in [6.45, 7) is -0.955. The third kappa shape index (κ3) is 4.66. The Morgan fingerprint density at radius 2 is 1.89 bits per heavy atom. The number of amides is 1. The van der Waals surface area contributed by atoms with Gasteiger partial charge in [-0.1, -0.05) is 29.8 Å². The number of esters is 1. The number of ether oxygens (including phenoxy) is 2. The molecule has 0 aromatic heterocycles. The van der Waals surface area contributed by atoms with Crippen molar-refractivity contribution < 1.29 is 28.2 Å². The number of hydrogen-bond acceptors (Lipinski definition) is 6. The van der Waals surface area contributed by atoms with Crippen LogP contribution < -0.4 is 10.6 Å². The summed E-state index contributed by atoms with van der Waals surface area (Å²) in [5.74, 6) is -2.90. The summed E-state index contributed by atoms with van der Waals surface area (Å²) in [6, 6.07) is 12.4. The lowest BCUT2D eigenvalue weighted by Crippen LogP contribution is -2.24. The molecule has 1 heterocycles. The summed E-state index contributed by atoms with van der Waals surface area (Å²) >= 11 is 5.63. The van der Waals surface area contributed by atoms with Gasteiger partial charge in [-0.05, 0) is 30.3 Å². The highest BCUT2D eigenvalue weighted by Crippen LogP contribution is 2.21. The summed E-state index contributed by atoms with van der Waals surface area (Å²) in [7, 11) is 0. The van der Waals surface area contributed by atoms with Crippen molar-refractivity contribution in [2.24, 2.45) is 0 Å². The van der Waals surface area contributed by atoms with Crippen molar-refractivity contribution in [3.05, 3.63) is 70.8 Å². The molecule has 0 bridgehead atoms. The summed E-state index contributed by atoms with van der Waals surface area (Å²) < 4.78 is 23.2. The average Bonchev–Trinajstić information content (AvgIpc) is 3.04. The molecule has 0 aliphatic carbocycles. The summed E-state index contributed by atoms with van der Waals surface area (Å²) in [4.78, 5) is 36.1. The van der Waals surface area contributed by atoms with E-state index in [9.17, 15) is 18.8 Å². The van der Waals surface area contributed by atoms with Crippen molar-refractivity contribution in [3.8, 4) is 0 Å². The number of carbonyl (C=O) groups excluding carboxylic acids is 3. The number of Topliss-reactive ketones (excluding diaryl/α,β-unsaturated/α-hetero) is 1. The van der Waals surface area contributed by atoms with Gasteiger partial charge in [0.15, 0.2) is 18.8 Å². The van der Waals surface area contributed by atoms with E-state index in [2.05, 4.69) is 10.6 Å². The van der Waals surface area contributed by atoms with E-state index in [1.807, 2.05) is 6.07 Å². The van der Waals surface area contributed by atoms with E-state index in [1.165, 1.54) is 12.1 Å². The fraction of sp³-hybridized carbons (Fsp3) is 0.105. The van der Waals surface area contributed by atoms with E-state index in [0.29, 0.717) is 5.69 Å². The van der Waals surface area contributed by atoms with Gasteiger partial charge in [-0.15, -0.1) is 0 Å². The zero-order chi connectivity index (χ0) is 20.1. The van der Waals surface area contributed by atoms with Crippen molar-refractivity contribution in [1.29, 1.82) is 0 Å². The Morgan fingerprint density at radius 3 is 2.61 bits per heavy atom. The normalized spacial score (nSPS) is 13.1. The standard InChI is InChI=1S/C19H14ClFN2O5/c20-13-8-12(6-7-14(13)21)22-16(25)10-28-19(26)17-15(24)9-27-18(17)23-11-4-2-1-3-5-11/h1-8,23H,9-10H2,(H,22,25). The van der Waals surface area contributed by atoms with Crippen LogP contribution in [-0.2, 0) is 23.9 Å². The highest BCUT2D eigenvalue weighted by atomic mass is 35.5. The smallest absolute Gasteiger partial charge is 0.347 e. The van der Waals surface area contributed by atoms with Crippen LogP contribution in [-0.4, -0.2) is 30.9 Å². The van der Waals surface area contributed by atoms with Gasteiger partial charge in [0, 0.05) is 11.4 Å². The molecule has 0 atom stereocenters. The first kappa shape index (κ1) is 19.4. The quantitative estimate of drug-likeness (QED) is 0.568. The van der Waals surface area contributed by atoms with Crippen LogP contribution in [0.4, 0.5) is 15.8 Å². The van der Waals surface area contributed by atoms with Gasteiger partial charge >= 0.3 is 5.97 Å². The Morgan fingerprint density at radius 1 is 1.14 bits per heavy atom. The van der Waals surface area contributed by atoms with Gasteiger partial charge in [0.05, 0.1) is 5.02 Å². The molecule has 1 aliphatic rings. The Bertz CT molecular complexity index is 962. The van der Waals surface area contributed by atoms with Gasteiger partial charge in [0.25, 0.3) is 5.91 Å². The van der Waals surface area contributed by atoms with Crippen LogP contribution in [0.1, 0.15) is 0 Å². The third-order valence-corrected chi connectivity index (χ3v) is 3.92. The molecule has 2 aromatic carbocycles. The number of benzene rings is 2. The van der Waals surface area contributed by atoms with Gasteiger partial charge in [0.1, 0.15) is 5.82 Å². The molecule has 1 amide bonds. The Balaban J connectivity index is 1.62. The van der Waals surface area contributed by atoms with Crippen molar-refractivity contribution in [2.45, 2.75) is 0 Å². The first-order valence-electron chi connectivity index (χ1n) is 8.08. The molecule has 144 valence electrons. The van der Waals surface area contributed by atoms with E-state index in [4.69, 9.17) is 21.1 Å². The average molecular weight is 405 g/mol. The maximum atomic E-state index is 13.1. The van der Waals surface area contributed by atoms with Crippen LogP contribution >= 0.6 is 11.6 Å². The van der Waals surface area contributed by atoms with Gasteiger partial charge in [-0.2, -0.15) is 0 Å². The first-order valence-corrected chi connectivity index (χ1v) is 8.46. The van der Waals surface area contributed by atoms with Crippen LogP contribution in [0.3, 0.4) is 0 Å². The number of hydrogen-bond donors (Lipinski definition) is 2. The largest absolute Gasteiger partial charge is 0.470 e. The van der Waals surface area contributed by atoms with Crippen LogP contribution in [0.25, 0.3) is 0 Å². The van der Waals surface area contributed by atoms with Crippen molar-refractivity contribution >= 4 is 40.6 Å². The van der Waals surface area contributed by atoms with E-state index >= 15 is 0 Å². The predicted molar refractivity (Wildman–Crippen MR) is 99.0 cm³/mol. The third-order valence-electron chi connectivity index (χ3n) is 3.63. The Hall–Kier alpha value is -3.39. The number of halogens is 2. The van der Waals surface area contributed by atoms with Crippen LogP contribution in [0, 0.1) is 5.82 Å². The second-order valence-corrected chi connectivity index (χ2v) is 6.07. The Kier molecular flexibility index (Phi) is 5.90. The number of carbonyl (C=O) groups is 3. The van der Waals surface area contributed by atoms with Crippen molar-refractivity contribution in [1.82, 2.24) is 0 Å². The topological polar surface area (TPSA) is 93.7 Å². The number of anilines is 2. The number of ketones is 1. The lowest BCUT2D eigenvalue weighted by molar-refractivity contribution is -0.144. The minimum Gasteiger partial charge on any atom is -0.470 e. The van der Waals surface area contributed by atoms with E-state index in [1.54, 1.807) is 24.3 Å². The molecule has 0 unspecified atom stereocenters. The lowest BCUT2D eigenvalue weighted by atomic mass is 10.2. The molecule has 28 heavy (non-hydrogen) atoms. The van der Waals surface area contributed by atoms with Crippen LogP contribution in [0.5, 0.6) is 0 Å². The van der Waals surface area contributed by atoms with E-state index < -0.39 is 30.1 Å². The number of para-hydroxylation sites is 1. The fourth-order valence-electron chi connectivity index (χ4n) is 2.34. The molecule has 0 saturated carbocycles. The van der Waals surface area contributed by atoms with Gasteiger partial charge in [-0.3, -0.25) is 9.59 Å². The summed E-state index contributed by atoms with van der Waals surface area (Å²) in [6.07, 6.45) is 0. The molecular formula is C19H14ClFN2O5. The Labute approximate surface area is 164 Å². The molecule has 2 N–H and O–H groups in total. The molecule has 0 saturated heterocycles. The zero-order valence-electron chi connectivity index (χ0n) is 14.3. The second-order valence-electron chi connectivity index (χ2n) is 5.66. The minimum atomic E-state index is -0.992. The first-order chi connectivity index (χ1) is 13.4. The molecule has 9 heteroatoms. The molecule has 2 aromatic rings. The highest BCUT2D eigenvalue weighted by molar-refractivity contribution is 6.31. The molecule has 1 aliphatic heterocycles. The summed E-state index contributed by atoms with van der Waals surface area (Å²) in [5.41, 5.74) is 0.545. The maximum Gasteiger partial charge on any atom is 0.347 e. The van der Waals surface area contributed by atoms with E-state index in [-0.39, 0.29) is 28.8 Å². The van der Waals surface area contributed by atoms with Crippen LogP contribution in [0.2, 0.25) is 5.02 Å². The van der Waals surface area contributed by atoms with Gasteiger partial charge in [-0.25, -0.2) is 9.18 Å². The molecule has 0 spiro atoms. The predicted octanol–water partition coefficient (Wildman–Crippen LogP) is 2.88. The van der Waals surface area contributed by atoms with E-state index in [0.717, 1.165) is 6.07 Å². The molecule has 0 radical (unpaired) electrons.